The largest absolute Gasteiger partial charge is 0.460 e. The second-order valence-electron chi connectivity index (χ2n) is 8.39. The number of carbonyl (C=O) groups is 2. The molecule has 0 bridgehead atoms. The lowest BCUT2D eigenvalue weighted by Gasteiger charge is -2.30. The molecule has 1 aliphatic heterocycles. The normalized spacial score (nSPS) is 16.1. The van der Waals surface area contributed by atoms with Crippen LogP contribution in [-0.4, -0.2) is 35.5 Å². The topological polar surface area (TPSA) is 46.6 Å². The van der Waals surface area contributed by atoms with Crippen LogP contribution in [0.2, 0.25) is 5.02 Å². The van der Waals surface area contributed by atoms with Gasteiger partial charge in [-0.05, 0) is 77.0 Å². The highest BCUT2D eigenvalue weighted by Crippen LogP contribution is 2.22. The third-order valence-corrected chi connectivity index (χ3v) is 5.03. The summed E-state index contributed by atoms with van der Waals surface area (Å²) in [5, 5.41) is 0.724. The number of halogens is 1. The number of carbonyl (C=O) groups excluding carboxylic acids is 2. The minimum atomic E-state index is -0.529. The van der Waals surface area contributed by atoms with Crippen LogP contribution in [0.3, 0.4) is 0 Å². The van der Waals surface area contributed by atoms with Crippen LogP contribution in [0.1, 0.15) is 64.9 Å². The van der Waals surface area contributed by atoms with Gasteiger partial charge < -0.3 is 9.64 Å². The molecular formula is C22H32ClNO3. The van der Waals surface area contributed by atoms with Crippen molar-refractivity contribution in [1.82, 2.24) is 4.90 Å². The molecule has 5 heteroatoms. The summed E-state index contributed by atoms with van der Waals surface area (Å²) in [6.45, 7) is 7.17. The molecule has 0 radical (unpaired) electrons. The van der Waals surface area contributed by atoms with E-state index >= 15 is 0 Å². The number of likely N-dealkylation sites (tertiary alicyclic amines) is 1. The van der Waals surface area contributed by atoms with E-state index in [1.807, 2.05) is 49.9 Å². The Kier molecular flexibility index (Phi) is 8.15. The third-order valence-electron chi connectivity index (χ3n) is 4.78. The average molecular weight is 394 g/mol. The Balaban J connectivity index is 1.95. The number of piperidine rings is 1. The van der Waals surface area contributed by atoms with Gasteiger partial charge in [-0.15, -0.1) is 0 Å². The number of benzene rings is 1. The fourth-order valence-corrected chi connectivity index (χ4v) is 3.60. The van der Waals surface area contributed by atoms with Crippen molar-refractivity contribution < 1.29 is 14.3 Å². The van der Waals surface area contributed by atoms with Gasteiger partial charge >= 0.3 is 5.97 Å². The SMILES string of the molecule is CC(C)(C)OC(=O)CC(CCCc1ccc(Cl)cc1)C(=O)N1CCCCC1. The summed E-state index contributed by atoms with van der Waals surface area (Å²) in [6.07, 6.45) is 5.86. The second-order valence-corrected chi connectivity index (χ2v) is 8.83. The highest BCUT2D eigenvalue weighted by atomic mass is 35.5. The lowest BCUT2D eigenvalue weighted by atomic mass is 9.94. The number of rotatable bonds is 7. The first kappa shape index (κ1) is 21.7. The van der Waals surface area contributed by atoms with E-state index in [9.17, 15) is 9.59 Å². The van der Waals surface area contributed by atoms with Gasteiger partial charge in [0.2, 0.25) is 5.91 Å². The molecule has 2 rings (SSSR count). The highest BCUT2D eigenvalue weighted by Gasteiger charge is 2.29. The summed E-state index contributed by atoms with van der Waals surface area (Å²) in [5.41, 5.74) is 0.667. The highest BCUT2D eigenvalue weighted by molar-refractivity contribution is 6.30. The van der Waals surface area contributed by atoms with E-state index in [1.54, 1.807) is 0 Å². The monoisotopic (exact) mass is 393 g/mol. The fourth-order valence-electron chi connectivity index (χ4n) is 3.47. The van der Waals surface area contributed by atoms with Gasteiger partial charge in [0.15, 0.2) is 0 Å². The zero-order valence-electron chi connectivity index (χ0n) is 16.8. The molecule has 1 heterocycles. The van der Waals surface area contributed by atoms with E-state index in [1.165, 1.54) is 12.0 Å². The number of aryl methyl sites for hydroxylation is 1. The van der Waals surface area contributed by atoms with Gasteiger partial charge in [0.05, 0.1) is 6.42 Å². The molecule has 0 aliphatic carbocycles. The molecule has 27 heavy (non-hydrogen) atoms. The molecule has 1 aromatic rings. The van der Waals surface area contributed by atoms with Gasteiger partial charge in [-0.2, -0.15) is 0 Å². The Bertz CT molecular complexity index is 615. The molecule has 1 amide bonds. The van der Waals surface area contributed by atoms with Crippen LogP contribution in [0.15, 0.2) is 24.3 Å². The number of nitrogens with zero attached hydrogens (tertiary/aromatic N) is 1. The summed E-state index contributed by atoms with van der Waals surface area (Å²) in [5.74, 6) is -0.480. The van der Waals surface area contributed by atoms with Crippen molar-refractivity contribution in [3.8, 4) is 0 Å². The molecule has 1 unspecified atom stereocenters. The predicted molar refractivity (Wildman–Crippen MR) is 109 cm³/mol. The second kappa shape index (κ2) is 10.1. The third kappa shape index (κ3) is 7.92. The van der Waals surface area contributed by atoms with Crippen LogP contribution in [-0.2, 0) is 20.7 Å². The summed E-state index contributed by atoms with van der Waals surface area (Å²) < 4.78 is 5.46. The Morgan fingerprint density at radius 3 is 2.33 bits per heavy atom. The number of esters is 1. The average Bonchev–Trinajstić information content (AvgIpc) is 2.61. The molecule has 1 atom stereocenters. The number of hydrogen-bond donors (Lipinski definition) is 0. The van der Waals surface area contributed by atoms with Crippen LogP contribution < -0.4 is 0 Å². The molecule has 1 aromatic carbocycles. The zero-order valence-corrected chi connectivity index (χ0v) is 17.6. The minimum Gasteiger partial charge on any atom is -0.460 e. The van der Waals surface area contributed by atoms with Crippen molar-refractivity contribution in [2.24, 2.45) is 5.92 Å². The van der Waals surface area contributed by atoms with Gasteiger partial charge in [-0.1, -0.05) is 23.7 Å². The zero-order chi connectivity index (χ0) is 19.9. The minimum absolute atomic E-state index is 0.108. The molecular weight excluding hydrogens is 362 g/mol. The van der Waals surface area contributed by atoms with E-state index in [-0.39, 0.29) is 24.2 Å². The van der Waals surface area contributed by atoms with Crippen LogP contribution in [0.5, 0.6) is 0 Å². The fraction of sp³-hybridized carbons (Fsp3) is 0.636. The van der Waals surface area contributed by atoms with Crippen molar-refractivity contribution in [3.05, 3.63) is 34.9 Å². The van der Waals surface area contributed by atoms with Crippen molar-refractivity contribution >= 4 is 23.5 Å². The molecule has 4 nitrogen and oxygen atoms in total. The van der Waals surface area contributed by atoms with Crippen LogP contribution >= 0.6 is 11.6 Å². The van der Waals surface area contributed by atoms with Gasteiger partial charge in [0.25, 0.3) is 0 Å². The van der Waals surface area contributed by atoms with E-state index in [0.717, 1.165) is 43.8 Å². The van der Waals surface area contributed by atoms with Crippen LogP contribution in [0, 0.1) is 5.92 Å². The molecule has 1 aliphatic rings. The van der Waals surface area contributed by atoms with E-state index in [0.29, 0.717) is 6.42 Å². The molecule has 1 saturated heterocycles. The van der Waals surface area contributed by atoms with Crippen molar-refractivity contribution in [2.75, 3.05) is 13.1 Å². The maximum absolute atomic E-state index is 13.0. The first-order valence-electron chi connectivity index (χ1n) is 10.00. The predicted octanol–water partition coefficient (Wildman–Crippen LogP) is 5.02. The quantitative estimate of drug-likeness (QED) is 0.611. The van der Waals surface area contributed by atoms with E-state index in [2.05, 4.69) is 0 Å². The molecule has 1 fully saturated rings. The molecule has 150 valence electrons. The Morgan fingerprint density at radius 1 is 1.11 bits per heavy atom. The summed E-state index contributed by atoms with van der Waals surface area (Å²) in [6, 6.07) is 7.79. The Hall–Kier alpha value is -1.55. The molecule has 0 N–H and O–H groups in total. The lowest BCUT2D eigenvalue weighted by molar-refractivity contribution is -0.158. The van der Waals surface area contributed by atoms with E-state index < -0.39 is 5.60 Å². The molecule has 0 aromatic heterocycles. The number of amides is 1. The molecule has 0 spiro atoms. The lowest BCUT2D eigenvalue weighted by Crippen LogP contribution is -2.41. The summed E-state index contributed by atoms with van der Waals surface area (Å²) >= 11 is 5.93. The Morgan fingerprint density at radius 2 is 1.74 bits per heavy atom. The maximum atomic E-state index is 13.0. The summed E-state index contributed by atoms with van der Waals surface area (Å²) in [4.78, 5) is 27.2. The van der Waals surface area contributed by atoms with Gasteiger partial charge in [0, 0.05) is 24.0 Å². The smallest absolute Gasteiger partial charge is 0.307 e. The van der Waals surface area contributed by atoms with Crippen molar-refractivity contribution in [3.63, 3.8) is 0 Å². The van der Waals surface area contributed by atoms with Gasteiger partial charge in [-0.25, -0.2) is 0 Å². The van der Waals surface area contributed by atoms with Crippen LogP contribution in [0.25, 0.3) is 0 Å². The van der Waals surface area contributed by atoms with E-state index in [4.69, 9.17) is 16.3 Å². The number of ether oxygens (including phenoxy) is 1. The van der Waals surface area contributed by atoms with Crippen LogP contribution in [0.4, 0.5) is 0 Å². The summed E-state index contributed by atoms with van der Waals surface area (Å²) in [7, 11) is 0. The standard InChI is InChI=1S/C22H32ClNO3/c1-22(2,3)27-20(25)16-18(21(26)24-14-5-4-6-15-24)9-7-8-17-10-12-19(23)13-11-17/h10-13,18H,4-9,14-16H2,1-3H3. The maximum Gasteiger partial charge on any atom is 0.307 e. The van der Waals surface area contributed by atoms with Gasteiger partial charge in [0.1, 0.15) is 5.60 Å². The van der Waals surface area contributed by atoms with Gasteiger partial charge in [-0.3, -0.25) is 9.59 Å². The first-order chi connectivity index (χ1) is 12.7. The molecule has 0 saturated carbocycles. The Labute approximate surface area is 168 Å². The van der Waals surface area contributed by atoms with Crippen molar-refractivity contribution in [2.45, 2.75) is 71.3 Å². The van der Waals surface area contributed by atoms with Crippen molar-refractivity contribution in [1.29, 1.82) is 0 Å². The number of hydrogen-bond acceptors (Lipinski definition) is 3. The first-order valence-corrected chi connectivity index (χ1v) is 10.4.